The van der Waals surface area contributed by atoms with Gasteiger partial charge in [0.25, 0.3) is 5.91 Å². The van der Waals surface area contributed by atoms with Crippen molar-refractivity contribution in [3.63, 3.8) is 0 Å². The summed E-state index contributed by atoms with van der Waals surface area (Å²) in [6.45, 7) is 2.19. The molecule has 3 aromatic carbocycles. The van der Waals surface area contributed by atoms with E-state index in [2.05, 4.69) is 10.0 Å². The molecule has 186 valence electrons. The Morgan fingerprint density at radius 1 is 0.857 bits per heavy atom. The van der Waals surface area contributed by atoms with Crippen LogP contribution in [-0.4, -0.2) is 41.7 Å². The Balaban J connectivity index is 1.48. The number of aryl methyl sites for hydroxylation is 1. The summed E-state index contributed by atoms with van der Waals surface area (Å²) in [5, 5.41) is 2.81. The van der Waals surface area contributed by atoms with Gasteiger partial charge in [-0.15, -0.1) is 0 Å². The van der Waals surface area contributed by atoms with Crippen molar-refractivity contribution in [3.8, 4) is 17.2 Å². The predicted octanol–water partition coefficient (Wildman–Crippen LogP) is 3.23. The molecule has 0 radical (unpaired) electrons. The van der Waals surface area contributed by atoms with Crippen molar-refractivity contribution in [1.29, 1.82) is 0 Å². The standard InChI is InChI=1S/C26H30N2O6S/c1-19-15-22(35(30,31)28-17-21-7-5-4-6-8-21)10-12-23(19)34-18-26(29)27-14-13-20-9-11-24(32-2)25(16-20)33-3/h4-12,15-16,28H,13-14,17-18H2,1-3H3,(H,27,29). The summed E-state index contributed by atoms with van der Waals surface area (Å²) in [6, 6.07) is 19.4. The number of hydrogen-bond donors (Lipinski definition) is 2. The molecule has 3 rings (SSSR count). The summed E-state index contributed by atoms with van der Waals surface area (Å²) >= 11 is 0. The Bertz CT molecular complexity index is 1250. The van der Waals surface area contributed by atoms with Crippen molar-refractivity contribution in [2.24, 2.45) is 0 Å². The molecule has 0 aliphatic rings. The molecule has 35 heavy (non-hydrogen) atoms. The first-order valence-corrected chi connectivity index (χ1v) is 12.6. The van der Waals surface area contributed by atoms with E-state index in [0.717, 1.165) is 11.1 Å². The van der Waals surface area contributed by atoms with Gasteiger partial charge in [-0.1, -0.05) is 36.4 Å². The van der Waals surface area contributed by atoms with Crippen molar-refractivity contribution in [3.05, 3.63) is 83.4 Å². The van der Waals surface area contributed by atoms with Crippen LogP contribution in [0.1, 0.15) is 16.7 Å². The molecule has 0 aromatic heterocycles. The smallest absolute Gasteiger partial charge is 0.257 e. The third kappa shape index (κ3) is 7.46. The van der Waals surface area contributed by atoms with Crippen LogP contribution in [0.5, 0.6) is 17.2 Å². The number of rotatable bonds is 12. The summed E-state index contributed by atoms with van der Waals surface area (Å²) in [7, 11) is -0.525. The molecule has 3 aromatic rings. The molecule has 2 N–H and O–H groups in total. The summed E-state index contributed by atoms with van der Waals surface area (Å²) in [6.07, 6.45) is 0.619. The lowest BCUT2D eigenvalue weighted by Gasteiger charge is -2.12. The van der Waals surface area contributed by atoms with Crippen LogP contribution < -0.4 is 24.2 Å². The highest BCUT2D eigenvalue weighted by Crippen LogP contribution is 2.27. The number of carbonyl (C=O) groups excluding carboxylic acids is 1. The highest BCUT2D eigenvalue weighted by Gasteiger charge is 2.16. The fraction of sp³-hybridized carbons (Fsp3) is 0.269. The van der Waals surface area contributed by atoms with Crippen LogP contribution >= 0.6 is 0 Å². The van der Waals surface area contributed by atoms with Gasteiger partial charge in [0.15, 0.2) is 18.1 Å². The van der Waals surface area contributed by atoms with Gasteiger partial charge in [-0.3, -0.25) is 4.79 Å². The monoisotopic (exact) mass is 498 g/mol. The Kier molecular flexibility index (Phi) is 9.11. The lowest BCUT2D eigenvalue weighted by atomic mass is 10.1. The van der Waals surface area contributed by atoms with E-state index in [4.69, 9.17) is 14.2 Å². The SMILES string of the molecule is COc1ccc(CCNC(=O)COc2ccc(S(=O)(=O)NCc3ccccc3)cc2C)cc1OC. The molecule has 0 fully saturated rings. The molecule has 0 unspecified atom stereocenters. The van der Waals surface area contributed by atoms with Crippen LogP contribution in [0.2, 0.25) is 0 Å². The van der Waals surface area contributed by atoms with E-state index in [1.807, 2.05) is 48.5 Å². The molecule has 0 bridgehead atoms. The molecule has 9 heteroatoms. The zero-order chi connectivity index (χ0) is 25.3. The number of hydrogen-bond acceptors (Lipinski definition) is 6. The molecule has 1 amide bonds. The van der Waals surface area contributed by atoms with Gasteiger partial charge in [-0.2, -0.15) is 0 Å². The molecule has 0 saturated heterocycles. The second-order valence-corrected chi connectivity index (χ2v) is 9.58. The first-order chi connectivity index (χ1) is 16.8. The topological polar surface area (TPSA) is 103 Å². The van der Waals surface area contributed by atoms with Gasteiger partial charge in [0, 0.05) is 13.1 Å². The summed E-state index contributed by atoms with van der Waals surface area (Å²) < 4.78 is 43.9. The Morgan fingerprint density at radius 2 is 1.57 bits per heavy atom. The van der Waals surface area contributed by atoms with E-state index < -0.39 is 10.0 Å². The number of methoxy groups -OCH3 is 2. The third-order valence-corrected chi connectivity index (χ3v) is 6.71. The van der Waals surface area contributed by atoms with E-state index in [-0.39, 0.29) is 24.0 Å². The zero-order valence-corrected chi connectivity index (χ0v) is 20.9. The number of amides is 1. The summed E-state index contributed by atoms with van der Waals surface area (Å²) in [5.74, 6) is 1.46. The maximum Gasteiger partial charge on any atom is 0.257 e. The quantitative estimate of drug-likeness (QED) is 0.398. The molecular weight excluding hydrogens is 468 g/mol. The van der Waals surface area contributed by atoms with Gasteiger partial charge in [-0.05, 0) is 60.4 Å². The Labute approximate surface area is 206 Å². The number of sulfonamides is 1. The van der Waals surface area contributed by atoms with Gasteiger partial charge in [0.05, 0.1) is 19.1 Å². The van der Waals surface area contributed by atoms with Crippen molar-refractivity contribution in [2.45, 2.75) is 24.8 Å². The van der Waals surface area contributed by atoms with Crippen LogP contribution in [0.4, 0.5) is 0 Å². The van der Waals surface area contributed by atoms with E-state index >= 15 is 0 Å². The van der Waals surface area contributed by atoms with Crippen molar-refractivity contribution in [1.82, 2.24) is 10.0 Å². The molecular formula is C26H30N2O6S. The van der Waals surface area contributed by atoms with Gasteiger partial charge in [0.1, 0.15) is 5.75 Å². The Hall–Kier alpha value is -3.56. The van der Waals surface area contributed by atoms with Crippen molar-refractivity contribution >= 4 is 15.9 Å². The minimum absolute atomic E-state index is 0.137. The normalized spacial score (nSPS) is 11.1. The van der Waals surface area contributed by atoms with E-state index in [1.165, 1.54) is 12.1 Å². The summed E-state index contributed by atoms with van der Waals surface area (Å²) in [4.78, 5) is 12.3. The molecule has 0 spiro atoms. The van der Waals surface area contributed by atoms with Crippen molar-refractivity contribution in [2.75, 3.05) is 27.4 Å². The molecule has 8 nitrogen and oxygen atoms in total. The minimum Gasteiger partial charge on any atom is -0.493 e. The second kappa shape index (κ2) is 12.2. The molecule has 0 aliphatic heterocycles. The molecule has 0 heterocycles. The van der Waals surface area contributed by atoms with Gasteiger partial charge in [0.2, 0.25) is 10.0 Å². The fourth-order valence-electron chi connectivity index (χ4n) is 3.39. The molecule has 0 aliphatic carbocycles. The first kappa shape index (κ1) is 26.1. The number of carbonyl (C=O) groups is 1. The maximum atomic E-state index is 12.6. The highest BCUT2D eigenvalue weighted by atomic mass is 32.2. The van der Waals surface area contributed by atoms with Gasteiger partial charge < -0.3 is 19.5 Å². The lowest BCUT2D eigenvalue weighted by molar-refractivity contribution is -0.123. The largest absolute Gasteiger partial charge is 0.493 e. The average Bonchev–Trinajstić information content (AvgIpc) is 2.87. The number of benzene rings is 3. The summed E-state index contributed by atoms with van der Waals surface area (Å²) in [5.41, 5.74) is 2.48. The predicted molar refractivity (Wildman–Crippen MR) is 133 cm³/mol. The zero-order valence-electron chi connectivity index (χ0n) is 20.0. The average molecular weight is 499 g/mol. The molecule has 0 atom stereocenters. The van der Waals surface area contributed by atoms with Crippen LogP contribution in [0.25, 0.3) is 0 Å². The van der Waals surface area contributed by atoms with Crippen LogP contribution in [-0.2, 0) is 27.8 Å². The van der Waals surface area contributed by atoms with E-state index in [9.17, 15) is 13.2 Å². The first-order valence-electron chi connectivity index (χ1n) is 11.1. The second-order valence-electron chi connectivity index (χ2n) is 7.82. The highest BCUT2D eigenvalue weighted by molar-refractivity contribution is 7.89. The van der Waals surface area contributed by atoms with Crippen molar-refractivity contribution < 1.29 is 27.4 Å². The fourth-order valence-corrected chi connectivity index (χ4v) is 4.49. The van der Waals surface area contributed by atoms with Gasteiger partial charge >= 0.3 is 0 Å². The van der Waals surface area contributed by atoms with Gasteiger partial charge in [-0.25, -0.2) is 13.1 Å². The van der Waals surface area contributed by atoms with Crippen LogP contribution in [0.15, 0.2) is 71.6 Å². The van der Waals surface area contributed by atoms with Crippen LogP contribution in [0.3, 0.4) is 0 Å². The molecule has 0 saturated carbocycles. The Morgan fingerprint density at radius 3 is 2.26 bits per heavy atom. The lowest BCUT2D eigenvalue weighted by Crippen LogP contribution is -2.30. The number of ether oxygens (including phenoxy) is 3. The van der Waals surface area contributed by atoms with Crippen LogP contribution in [0, 0.1) is 6.92 Å². The van der Waals surface area contributed by atoms with E-state index in [1.54, 1.807) is 27.2 Å². The third-order valence-electron chi connectivity index (χ3n) is 5.31. The van der Waals surface area contributed by atoms with E-state index in [0.29, 0.717) is 35.8 Å². The maximum absolute atomic E-state index is 12.6. The number of nitrogens with one attached hydrogen (secondary N) is 2. The minimum atomic E-state index is -3.68.